The van der Waals surface area contributed by atoms with E-state index in [1.807, 2.05) is 0 Å². The molecule has 8 heteroatoms. The van der Waals surface area contributed by atoms with Gasteiger partial charge in [0, 0.05) is 5.56 Å². The van der Waals surface area contributed by atoms with Crippen molar-refractivity contribution in [3.05, 3.63) is 29.3 Å². The summed E-state index contributed by atoms with van der Waals surface area (Å²) in [5.74, 6) is -0.740. The summed E-state index contributed by atoms with van der Waals surface area (Å²) in [4.78, 5) is 10.6. The van der Waals surface area contributed by atoms with Crippen molar-refractivity contribution in [1.29, 1.82) is 0 Å². The number of carbonyl (C=O) groups is 1. The van der Waals surface area contributed by atoms with Crippen molar-refractivity contribution >= 4 is 16.4 Å². The first-order valence-corrected chi connectivity index (χ1v) is 6.59. The van der Waals surface area contributed by atoms with E-state index in [1.165, 1.54) is 12.1 Å². The van der Waals surface area contributed by atoms with Gasteiger partial charge in [-0.2, -0.15) is 21.6 Å². The van der Waals surface area contributed by atoms with Crippen LogP contribution in [-0.2, 0) is 10.1 Å². The highest BCUT2D eigenvalue weighted by atomic mass is 32.2. The predicted octanol–water partition coefficient (Wildman–Crippen LogP) is 2.85. The minimum atomic E-state index is -5.71. The van der Waals surface area contributed by atoms with Crippen molar-refractivity contribution in [3.8, 4) is 5.75 Å². The van der Waals surface area contributed by atoms with Crippen molar-refractivity contribution < 1.29 is 30.6 Å². The van der Waals surface area contributed by atoms with Crippen LogP contribution in [0.5, 0.6) is 5.75 Å². The van der Waals surface area contributed by atoms with Crippen LogP contribution in [0.15, 0.2) is 18.2 Å². The Bertz CT molecular complexity index is 576. The topological polar surface area (TPSA) is 60.4 Å². The Morgan fingerprint density at radius 2 is 1.84 bits per heavy atom. The summed E-state index contributed by atoms with van der Waals surface area (Å²) in [6, 6.07) is 3.50. The van der Waals surface area contributed by atoms with Gasteiger partial charge in [-0.3, -0.25) is 4.79 Å². The predicted molar refractivity (Wildman–Crippen MR) is 61.5 cm³/mol. The first-order chi connectivity index (χ1) is 8.58. The van der Waals surface area contributed by atoms with E-state index in [0.29, 0.717) is 6.29 Å². The van der Waals surface area contributed by atoms with Crippen LogP contribution in [0.1, 0.15) is 35.7 Å². The molecule has 0 aliphatic carbocycles. The van der Waals surface area contributed by atoms with Crippen LogP contribution in [0, 0.1) is 0 Å². The molecule has 4 nitrogen and oxygen atoms in total. The Hall–Kier alpha value is -1.57. The Kier molecular flexibility index (Phi) is 4.24. The molecule has 0 aliphatic rings. The zero-order chi connectivity index (χ0) is 14.8. The molecule has 1 aromatic rings. The van der Waals surface area contributed by atoms with Gasteiger partial charge in [-0.1, -0.05) is 13.8 Å². The molecule has 0 fully saturated rings. The van der Waals surface area contributed by atoms with Crippen molar-refractivity contribution in [2.75, 3.05) is 0 Å². The highest BCUT2D eigenvalue weighted by molar-refractivity contribution is 7.88. The van der Waals surface area contributed by atoms with Crippen molar-refractivity contribution in [3.63, 3.8) is 0 Å². The number of hydrogen-bond acceptors (Lipinski definition) is 4. The minimum absolute atomic E-state index is 0.206. The van der Waals surface area contributed by atoms with E-state index in [1.54, 1.807) is 13.8 Å². The van der Waals surface area contributed by atoms with E-state index in [9.17, 15) is 26.4 Å². The molecule has 0 saturated carbocycles. The fourth-order valence-electron chi connectivity index (χ4n) is 1.33. The number of halogens is 3. The quantitative estimate of drug-likeness (QED) is 0.487. The minimum Gasteiger partial charge on any atom is -0.376 e. The smallest absolute Gasteiger partial charge is 0.376 e. The highest BCUT2D eigenvalue weighted by Gasteiger charge is 2.48. The standard InChI is InChI=1S/C11H11F3O4S/c1-7(2)9-5-8(6-15)3-4-10(9)18-19(16,17)11(12,13)14/h3-7H,1-2H3. The molecule has 0 unspecified atom stereocenters. The molecule has 0 N–H and O–H groups in total. The molecule has 1 aromatic carbocycles. The Labute approximate surface area is 108 Å². The maximum Gasteiger partial charge on any atom is 0.534 e. The normalized spacial score (nSPS) is 12.5. The molecule has 0 atom stereocenters. The molecule has 0 saturated heterocycles. The van der Waals surface area contributed by atoms with Gasteiger partial charge in [0.05, 0.1) is 0 Å². The number of benzene rings is 1. The van der Waals surface area contributed by atoms with Crippen molar-refractivity contribution in [1.82, 2.24) is 0 Å². The Morgan fingerprint density at radius 1 is 1.26 bits per heavy atom. The van der Waals surface area contributed by atoms with Gasteiger partial charge < -0.3 is 4.18 Å². The molecule has 0 aromatic heterocycles. The van der Waals surface area contributed by atoms with E-state index in [2.05, 4.69) is 4.18 Å². The summed E-state index contributed by atoms with van der Waals surface area (Å²) in [5, 5.41) is 0. The van der Waals surface area contributed by atoms with Crippen LogP contribution < -0.4 is 4.18 Å². The van der Waals surface area contributed by atoms with E-state index < -0.39 is 21.4 Å². The second-order valence-corrected chi connectivity index (χ2v) is 5.59. The monoisotopic (exact) mass is 296 g/mol. The molecule has 0 radical (unpaired) electrons. The van der Waals surface area contributed by atoms with Gasteiger partial charge in [-0.15, -0.1) is 0 Å². The van der Waals surface area contributed by atoms with Gasteiger partial charge in [-0.25, -0.2) is 0 Å². The third-order valence-corrected chi connectivity index (χ3v) is 3.24. The molecule has 106 valence electrons. The van der Waals surface area contributed by atoms with Gasteiger partial charge in [-0.05, 0) is 29.7 Å². The van der Waals surface area contributed by atoms with Crippen LogP contribution in [0.3, 0.4) is 0 Å². The Morgan fingerprint density at radius 3 is 2.26 bits per heavy atom. The summed E-state index contributed by atoms with van der Waals surface area (Å²) < 4.78 is 62.6. The third kappa shape index (κ3) is 3.46. The van der Waals surface area contributed by atoms with Crippen LogP contribution in [0.25, 0.3) is 0 Å². The van der Waals surface area contributed by atoms with E-state index >= 15 is 0 Å². The van der Waals surface area contributed by atoms with E-state index in [-0.39, 0.29) is 17.0 Å². The molecular formula is C11H11F3O4S. The lowest BCUT2D eigenvalue weighted by atomic mass is 10.0. The zero-order valence-electron chi connectivity index (χ0n) is 10.1. The van der Waals surface area contributed by atoms with E-state index in [0.717, 1.165) is 6.07 Å². The Balaban J connectivity index is 3.26. The second-order valence-electron chi connectivity index (χ2n) is 4.05. The summed E-state index contributed by atoms with van der Waals surface area (Å²) in [5.41, 5.74) is -5.07. The average Bonchev–Trinajstić information content (AvgIpc) is 2.27. The number of aldehydes is 1. The summed E-state index contributed by atoms with van der Waals surface area (Å²) >= 11 is 0. The zero-order valence-corrected chi connectivity index (χ0v) is 10.9. The van der Waals surface area contributed by atoms with Gasteiger partial charge in [0.1, 0.15) is 12.0 Å². The molecule has 19 heavy (non-hydrogen) atoms. The molecular weight excluding hydrogens is 285 g/mol. The fourth-order valence-corrected chi connectivity index (χ4v) is 1.82. The highest BCUT2D eigenvalue weighted by Crippen LogP contribution is 2.32. The van der Waals surface area contributed by atoms with Crippen LogP contribution >= 0.6 is 0 Å². The lowest BCUT2D eigenvalue weighted by molar-refractivity contribution is -0.0500. The molecule has 0 bridgehead atoms. The lowest BCUT2D eigenvalue weighted by Crippen LogP contribution is -2.28. The molecule has 0 aliphatic heterocycles. The van der Waals surface area contributed by atoms with E-state index in [4.69, 9.17) is 0 Å². The molecule has 0 spiro atoms. The number of hydrogen-bond donors (Lipinski definition) is 0. The van der Waals surface area contributed by atoms with Crippen molar-refractivity contribution in [2.24, 2.45) is 0 Å². The van der Waals surface area contributed by atoms with Crippen molar-refractivity contribution in [2.45, 2.75) is 25.3 Å². The van der Waals surface area contributed by atoms with Crippen LogP contribution in [-0.4, -0.2) is 20.2 Å². The van der Waals surface area contributed by atoms with Gasteiger partial charge in [0.15, 0.2) is 0 Å². The van der Waals surface area contributed by atoms with Gasteiger partial charge in [0.2, 0.25) is 0 Å². The summed E-state index contributed by atoms with van der Waals surface area (Å²) in [6.45, 7) is 3.27. The van der Waals surface area contributed by atoms with Crippen LogP contribution in [0.4, 0.5) is 13.2 Å². The summed E-state index contributed by atoms with van der Waals surface area (Å²) in [7, 11) is -5.71. The number of rotatable bonds is 4. The first-order valence-electron chi connectivity index (χ1n) is 5.18. The number of carbonyl (C=O) groups excluding carboxylic acids is 1. The number of alkyl halides is 3. The first kappa shape index (κ1) is 15.5. The second kappa shape index (κ2) is 5.20. The molecule has 0 heterocycles. The van der Waals surface area contributed by atoms with Crippen LogP contribution in [0.2, 0.25) is 0 Å². The maximum absolute atomic E-state index is 12.2. The fraction of sp³-hybridized carbons (Fsp3) is 0.364. The third-order valence-electron chi connectivity index (χ3n) is 2.27. The average molecular weight is 296 g/mol. The largest absolute Gasteiger partial charge is 0.534 e. The van der Waals surface area contributed by atoms with Gasteiger partial charge in [0.25, 0.3) is 0 Å². The van der Waals surface area contributed by atoms with Gasteiger partial charge >= 0.3 is 15.6 Å². The SMILES string of the molecule is CC(C)c1cc(C=O)ccc1OS(=O)(=O)C(F)(F)F. The molecule has 1 rings (SSSR count). The summed E-state index contributed by atoms with van der Waals surface area (Å²) in [6.07, 6.45) is 0.508. The maximum atomic E-state index is 12.2. The molecule has 0 amide bonds. The lowest BCUT2D eigenvalue weighted by Gasteiger charge is -2.15.